The second-order valence-corrected chi connectivity index (χ2v) is 8.77. The van der Waals surface area contributed by atoms with Crippen LogP contribution in [0.25, 0.3) is 0 Å². The highest BCUT2D eigenvalue weighted by atomic mass is 32.2. The summed E-state index contributed by atoms with van der Waals surface area (Å²) in [6, 6.07) is 10.6. The smallest absolute Gasteiger partial charge is 0.241 e. The Morgan fingerprint density at radius 2 is 1.77 bits per heavy atom. The Labute approximate surface area is 155 Å². The van der Waals surface area contributed by atoms with Crippen LogP contribution in [0.2, 0.25) is 0 Å². The highest BCUT2D eigenvalue weighted by molar-refractivity contribution is 7.89. The molecule has 1 N–H and O–H groups in total. The van der Waals surface area contributed by atoms with E-state index in [9.17, 15) is 8.42 Å². The zero-order valence-electron chi connectivity index (χ0n) is 15.3. The lowest BCUT2D eigenvalue weighted by Gasteiger charge is -2.31. The van der Waals surface area contributed by atoms with Gasteiger partial charge in [0.1, 0.15) is 0 Å². The molecule has 2 heterocycles. The van der Waals surface area contributed by atoms with Gasteiger partial charge in [-0.3, -0.25) is 4.98 Å². The van der Waals surface area contributed by atoms with Gasteiger partial charge in [0.15, 0.2) is 0 Å². The minimum Gasteiger partial charge on any atom is -0.381 e. The van der Waals surface area contributed by atoms with Crippen molar-refractivity contribution >= 4 is 10.0 Å². The van der Waals surface area contributed by atoms with E-state index in [4.69, 9.17) is 4.74 Å². The molecule has 0 aliphatic carbocycles. The van der Waals surface area contributed by atoms with E-state index in [1.165, 1.54) is 0 Å². The van der Waals surface area contributed by atoms with Gasteiger partial charge in [0.25, 0.3) is 0 Å². The molecule has 0 radical (unpaired) electrons. The van der Waals surface area contributed by atoms with Gasteiger partial charge in [-0.2, -0.15) is 0 Å². The van der Waals surface area contributed by atoms with E-state index < -0.39 is 10.0 Å². The molecule has 0 bridgehead atoms. The van der Waals surface area contributed by atoms with Crippen LogP contribution in [0, 0.1) is 5.92 Å². The van der Waals surface area contributed by atoms with E-state index in [0.717, 1.165) is 24.0 Å². The molecule has 1 atom stereocenters. The Morgan fingerprint density at radius 3 is 2.35 bits per heavy atom. The van der Waals surface area contributed by atoms with Crippen molar-refractivity contribution < 1.29 is 13.2 Å². The van der Waals surface area contributed by atoms with E-state index >= 15 is 0 Å². The summed E-state index contributed by atoms with van der Waals surface area (Å²) in [5, 5.41) is 0. The maximum atomic E-state index is 13.0. The number of pyridine rings is 1. The van der Waals surface area contributed by atoms with Crippen LogP contribution in [0.1, 0.15) is 49.8 Å². The first-order valence-electron chi connectivity index (χ1n) is 9.07. The lowest BCUT2D eigenvalue weighted by molar-refractivity contribution is 0.0564. The molecule has 6 heteroatoms. The average molecular weight is 375 g/mol. The summed E-state index contributed by atoms with van der Waals surface area (Å²) in [5.41, 5.74) is 2.01. The topological polar surface area (TPSA) is 68.3 Å². The number of hydrogen-bond donors (Lipinski definition) is 1. The maximum Gasteiger partial charge on any atom is 0.241 e. The summed E-state index contributed by atoms with van der Waals surface area (Å²) in [6.07, 6.45) is 5.09. The molecule has 1 aromatic heterocycles. The van der Waals surface area contributed by atoms with Crippen LogP contribution < -0.4 is 4.72 Å². The summed E-state index contributed by atoms with van der Waals surface area (Å²) in [7, 11) is -3.62. The molecule has 140 valence electrons. The number of sulfonamides is 1. The summed E-state index contributed by atoms with van der Waals surface area (Å²) >= 11 is 0. The molecule has 26 heavy (non-hydrogen) atoms. The molecule has 0 saturated carbocycles. The van der Waals surface area contributed by atoms with Crippen molar-refractivity contribution in [3.63, 3.8) is 0 Å². The molecular formula is C20H26N2O3S. The van der Waals surface area contributed by atoms with Crippen LogP contribution in [0.15, 0.2) is 53.7 Å². The van der Waals surface area contributed by atoms with E-state index in [-0.39, 0.29) is 12.0 Å². The van der Waals surface area contributed by atoms with Crippen LogP contribution in [0.3, 0.4) is 0 Å². The minimum atomic E-state index is -3.62. The predicted octanol–water partition coefficient (Wildman–Crippen LogP) is 3.65. The molecule has 1 aliphatic rings. The van der Waals surface area contributed by atoms with Gasteiger partial charge in [-0.1, -0.05) is 32.0 Å². The van der Waals surface area contributed by atoms with Gasteiger partial charge in [-0.15, -0.1) is 0 Å². The zero-order chi connectivity index (χ0) is 18.6. The molecule has 1 fully saturated rings. The molecule has 2 aromatic rings. The monoisotopic (exact) mass is 374 g/mol. The Hall–Kier alpha value is -1.76. The number of nitrogens with zero attached hydrogens (tertiary/aromatic N) is 1. The SMILES string of the molecule is CC(C)c1ccc(S(=O)(=O)NC(c2cccnc2)C2CCOCC2)cc1. The quantitative estimate of drug-likeness (QED) is 0.838. The number of ether oxygens (including phenoxy) is 1. The summed E-state index contributed by atoms with van der Waals surface area (Å²) in [4.78, 5) is 4.46. The maximum absolute atomic E-state index is 13.0. The van der Waals surface area contributed by atoms with Gasteiger partial charge in [0.2, 0.25) is 10.0 Å². The first kappa shape index (κ1) is 19.0. The summed E-state index contributed by atoms with van der Waals surface area (Å²) in [6.45, 7) is 5.50. The fourth-order valence-corrected chi connectivity index (χ4v) is 4.61. The van der Waals surface area contributed by atoms with Crippen molar-refractivity contribution in [2.24, 2.45) is 5.92 Å². The van der Waals surface area contributed by atoms with Gasteiger partial charge in [0.05, 0.1) is 10.9 Å². The molecular weight excluding hydrogens is 348 g/mol. The normalized spacial score (nSPS) is 17.3. The van der Waals surface area contributed by atoms with Crippen LogP contribution in [-0.4, -0.2) is 26.6 Å². The third-order valence-corrected chi connectivity index (χ3v) is 6.38. The highest BCUT2D eigenvalue weighted by Gasteiger charge is 2.30. The number of benzene rings is 1. The molecule has 3 rings (SSSR count). The van der Waals surface area contributed by atoms with Crippen molar-refractivity contribution in [2.75, 3.05) is 13.2 Å². The van der Waals surface area contributed by atoms with Gasteiger partial charge in [0, 0.05) is 25.6 Å². The zero-order valence-corrected chi connectivity index (χ0v) is 16.1. The van der Waals surface area contributed by atoms with Crippen LogP contribution in [0.4, 0.5) is 0 Å². The van der Waals surface area contributed by atoms with Gasteiger partial charge < -0.3 is 4.74 Å². The summed E-state index contributed by atoms with van der Waals surface area (Å²) < 4.78 is 34.3. The van der Waals surface area contributed by atoms with Crippen molar-refractivity contribution in [3.05, 3.63) is 59.9 Å². The average Bonchev–Trinajstić information content (AvgIpc) is 2.67. The predicted molar refractivity (Wildman–Crippen MR) is 101 cm³/mol. The molecule has 0 spiro atoms. The Kier molecular flexibility index (Phi) is 6.06. The first-order valence-corrected chi connectivity index (χ1v) is 10.6. The molecule has 0 amide bonds. The largest absolute Gasteiger partial charge is 0.381 e. The molecule has 1 aliphatic heterocycles. The van der Waals surface area contributed by atoms with Crippen LogP contribution in [0.5, 0.6) is 0 Å². The number of nitrogens with one attached hydrogen (secondary N) is 1. The minimum absolute atomic E-state index is 0.192. The van der Waals surface area contributed by atoms with Gasteiger partial charge in [-0.05, 0) is 54.0 Å². The van der Waals surface area contributed by atoms with E-state index in [1.807, 2.05) is 24.3 Å². The second-order valence-electron chi connectivity index (χ2n) is 7.06. The first-order chi connectivity index (χ1) is 12.5. The van der Waals surface area contributed by atoms with E-state index in [0.29, 0.717) is 24.0 Å². The second kappa shape index (κ2) is 8.29. The molecule has 1 unspecified atom stereocenters. The Balaban J connectivity index is 1.87. The number of hydrogen-bond acceptors (Lipinski definition) is 4. The number of rotatable bonds is 6. The fourth-order valence-electron chi connectivity index (χ4n) is 3.31. The van der Waals surface area contributed by atoms with Crippen molar-refractivity contribution in [1.29, 1.82) is 0 Å². The Bertz CT molecular complexity index is 799. The van der Waals surface area contributed by atoms with Gasteiger partial charge >= 0.3 is 0 Å². The molecule has 1 aromatic carbocycles. The van der Waals surface area contributed by atoms with Crippen LogP contribution in [-0.2, 0) is 14.8 Å². The lowest BCUT2D eigenvalue weighted by Crippen LogP contribution is -2.36. The van der Waals surface area contributed by atoms with Crippen molar-refractivity contribution in [2.45, 2.75) is 43.5 Å². The Morgan fingerprint density at radius 1 is 1.08 bits per heavy atom. The number of aromatic nitrogens is 1. The van der Waals surface area contributed by atoms with Crippen molar-refractivity contribution in [1.82, 2.24) is 9.71 Å². The molecule has 1 saturated heterocycles. The van der Waals surface area contributed by atoms with E-state index in [2.05, 4.69) is 23.6 Å². The fraction of sp³-hybridized carbons (Fsp3) is 0.450. The third-order valence-electron chi connectivity index (χ3n) is 4.92. The summed E-state index contributed by atoms with van der Waals surface area (Å²) in [5.74, 6) is 0.558. The molecule has 5 nitrogen and oxygen atoms in total. The van der Waals surface area contributed by atoms with Crippen molar-refractivity contribution in [3.8, 4) is 0 Å². The third kappa shape index (κ3) is 4.50. The lowest BCUT2D eigenvalue weighted by atomic mass is 9.88. The van der Waals surface area contributed by atoms with E-state index in [1.54, 1.807) is 24.5 Å². The highest BCUT2D eigenvalue weighted by Crippen LogP contribution is 2.31. The standard InChI is InChI=1S/C20H26N2O3S/c1-15(2)16-5-7-19(8-6-16)26(23,24)22-20(17-9-12-25-13-10-17)18-4-3-11-21-14-18/h3-8,11,14-15,17,20,22H,9-10,12-13H2,1-2H3. The van der Waals surface area contributed by atoms with Crippen LogP contribution >= 0.6 is 0 Å². The van der Waals surface area contributed by atoms with Gasteiger partial charge in [-0.25, -0.2) is 13.1 Å².